The number of fused-ring (bicyclic) bond motifs is 1. The topological polar surface area (TPSA) is 66.5 Å². The molecule has 2 atom stereocenters. The van der Waals surface area contributed by atoms with Gasteiger partial charge in [-0.3, -0.25) is 9.10 Å². The molecule has 144 valence electrons. The van der Waals surface area contributed by atoms with Crippen LogP contribution in [0.3, 0.4) is 0 Å². The second kappa shape index (κ2) is 7.90. The third-order valence-corrected chi connectivity index (χ3v) is 6.35. The maximum Gasteiger partial charge on any atom is 0.244 e. The Morgan fingerprint density at radius 3 is 2.52 bits per heavy atom. The van der Waals surface area contributed by atoms with E-state index in [0.717, 1.165) is 35.4 Å². The molecule has 27 heavy (non-hydrogen) atoms. The number of hydrogen-bond donors (Lipinski definition) is 1. The number of nitrogens with one attached hydrogen (secondary N) is 1. The predicted molar refractivity (Wildman–Crippen MR) is 109 cm³/mol. The van der Waals surface area contributed by atoms with Crippen molar-refractivity contribution < 1.29 is 13.2 Å². The van der Waals surface area contributed by atoms with Gasteiger partial charge in [0.1, 0.15) is 6.04 Å². The fraction of sp³-hybridized carbons (Fsp3) is 0.350. The Labute approximate surface area is 165 Å². The minimum Gasteiger partial charge on any atom is -0.347 e. The van der Waals surface area contributed by atoms with Crippen molar-refractivity contribution in [2.24, 2.45) is 0 Å². The molecule has 0 radical (unpaired) electrons. The van der Waals surface area contributed by atoms with Crippen LogP contribution in [-0.4, -0.2) is 26.6 Å². The van der Waals surface area contributed by atoms with E-state index in [4.69, 9.17) is 11.6 Å². The Bertz CT molecular complexity index is 928. The summed E-state index contributed by atoms with van der Waals surface area (Å²) in [5.41, 5.74) is 2.76. The van der Waals surface area contributed by atoms with Gasteiger partial charge in [0.15, 0.2) is 0 Å². The minimum atomic E-state index is -3.65. The van der Waals surface area contributed by atoms with Gasteiger partial charge in [0, 0.05) is 5.02 Å². The first-order valence-corrected chi connectivity index (χ1v) is 11.1. The number of anilines is 1. The van der Waals surface area contributed by atoms with Crippen molar-refractivity contribution >= 4 is 33.2 Å². The van der Waals surface area contributed by atoms with Crippen molar-refractivity contribution in [2.45, 2.75) is 38.3 Å². The van der Waals surface area contributed by atoms with Crippen LogP contribution < -0.4 is 9.62 Å². The molecule has 3 rings (SSSR count). The van der Waals surface area contributed by atoms with Gasteiger partial charge in [-0.25, -0.2) is 8.42 Å². The van der Waals surface area contributed by atoms with Crippen LogP contribution in [0.1, 0.15) is 36.9 Å². The smallest absolute Gasteiger partial charge is 0.244 e. The van der Waals surface area contributed by atoms with Gasteiger partial charge in [0.05, 0.1) is 18.0 Å². The number of benzene rings is 2. The lowest BCUT2D eigenvalue weighted by Crippen LogP contribution is -2.49. The second-order valence-corrected chi connectivity index (χ2v) is 9.16. The zero-order chi connectivity index (χ0) is 19.6. The lowest BCUT2D eigenvalue weighted by Gasteiger charge is -2.31. The van der Waals surface area contributed by atoms with Gasteiger partial charge in [-0.05, 0) is 61.6 Å². The molecule has 1 aliphatic carbocycles. The van der Waals surface area contributed by atoms with Crippen LogP contribution in [0.2, 0.25) is 5.02 Å². The summed E-state index contributed by atoms with van der Waals surface area (Å²) in [4.78, 5) is 12.9. The SMILES string of the molecule is CC(C(=O)NC1CCCc2ccccc21)N(c1ccc(Cl)cc1)S(C)(=O)=O. The fourth-order valence-corrected chi connectivity index (χ4v) is 4.89. The summed E-state index contributed by atoms with van der Waals surface area (Å²) in [6, 6.07) is 13.5. The second-order valence-electron chi connectivity index (χ2n) is 6.86. The molecule has 0 saturated carbocycles. The first-order valence-electron chi connectivity index (χ1n) is 8.90. The number of carbonyl (C=O) groups excluding carboxylic acids is 1. The first kappa shape index (κ1) is 19.7. The summed E-state index contributed by atoms with van der Waals surface area (Å²) in [5.74, 6) is -0.322. The molecule has 2 aromatic rings. The third kappa shape index (κ3) is 4.45. The summed E-state index contributed by atoms with van der Waals surface area (Å²) in [5, 5.41) is 3.54. The largest absolute Gasteiger partial charge is 0.347 e. The molecule has 1 aliphatic rings. The van der Waals surface area contributed by atoms with E-state index in [1.54, 1.807) is 31.2 Å². The summed E-state index contributed by atoms with van der Waals surface area (Å²) >= 11 is 5.90. The van der Waals surface area contributed by atoms with Crippen LogP contribution in [0, 0.1) is 0 Å². The summed E-state index contributed by atoms with van der Waals surface area (Å²) in [7, 11) is -3.65. The van der Waals surface area contributed by atoms with Gasteiger partial charge in [0.25, 0.3) is 0 Å². The van der Waals surface area contributed by atoms with E-state index in [1.165, 1.54) is 5.56 Å². The molecule has 0 heterocycles. The van der Waals surface area contributed by atoms with Crippen LogP contribution in [0.5, 0.6) is 0 Å². The Hall–Kier alpha value is -2.05. The van der Waals surface area contributed by atoms with Crippen molar-refractivity contribution in [1.29, 1.82) is 0 Å². The van der Waals surface area contributed by atoms with Gasteiger partial charge >= 0.3 is 0 Å². The van der Waals surface area contributed by atoms with Crippen LogP contribution in [0.4, 0.5) is 5.69 Å². The average Bonchev–Trinajstić information content (AvgIpc) is 2.62. The van der Waals surface area contributed by atoms with Crippen molar-refractivity contribution in [3.63, 3.8) is 0 Å². The number of halogens is 1. The number of carbonyl (C=O) groups is 1. The van der Waals surface area contributed by atoms with Gasteiger partial charge < -0.3 is 5.32 Å². The third-order valence-electron chi connectivity index (χ3n) is 4.86. The van der Waals surface area contributed by atoms with E-state index in [2.05, 4.69) is 11.4 Å². The molecule has 2 unspecified atom stereocenters. The van der Waals surface area contributed by atoms with E-state index in [1.807, 2.05) is 18.2 Å². The molecule has 2 aromatic carbocycles. The predicted octanol–water partition coefficient (Wildman–Crippen LogP) is 3.69. The molecule has 0 spiro atoms. The Morgan fingerprint density at radius 1 is 1.19 bits per heavy atom. The number of hydrogen-bond acceptors (Lipinski definition) is 3. The molecular weight excluding hydrogens is 384 g/mol. The molecule has 0 saturated heterocycles. The van der Waals surface area contributed by atoms with Crippen molar-refractivity contribution in [1.82, 2.24) is 5.32 Å². The molecule has 0 bridgehead atoms. The van der Waals surface area contributed by atoms with Gasteiger partial charge in [0.2, 0.25) is 15.9 Å². The lowest BCUT2D eigenvalue weighted by atomic mass is 9.87. The van der Waals surface area contributed by atoms with E-state index in [0.29, 0.717) is 10.7 Å². The minimum absolute atomic E-state index is 0.100. The molecule has 0 aliphatic heterocycles. The number of rotatable bonds is 5. The highest BCUT2D eigenvalue weighted by Gasteiger charge is 2.31. The lowest BCUT2D eigenvalue weighted by molar-refractivity contribution is -0.122. The number of amides is 1. The van der Waals surface area contributed by atoms with E-state index in [9.17, 15) is 13.2 Å². The quantitative estimate of drug-likeness (QED) is 0.823. The fourth-order valence-electron chi connectivity index (χ4n) is 3.59. The van der Waals surface area contributed by atoms with Crippen LogP contribution in [0.25, 0.3) is 0 Å². The normalized spacial score (nSPS) is 17.7. The van der Waals surface area contributed by atoms with Gasteiger partial charge in [-0.2, -0.15) is 0 Å². The van der Waals surface area contributed by atoms with Crippen molar-refractivity contribution in [2.75, 3.05) is 10.6 Å². The van der Waals surface area contributed by atoms with Crippen LogP contribution in [-0.2, 0) is 21.2 Å². The van der Waals surface area contributed by atoms with Crippen molar-refractivity contribution in [3.05, 3.63) is 64.7 Å². The molecule has 0 aromatic heterocycles. The summed E-state index contributed by atoms with van der Waals surface area (Å²) in [6.45, 7) is 1.60. The highest BCUT2D eigenvalue weighted by molar-refractivity contribution is 7.92. The highest BCUT2D eigenvalue weighted by Crippen LogP contribution is 2.30. The van der Waals surface area contributed by atoms with Gasteiger partial charge in [-0.1, -0.05) is 35.9 Å². The molecule has 1 N–H and O–H groups in total. The Balaban J connectivity index is 1.84. The number of sulfonamides is 1. The molecule has 1 amide bonds. The van der Waals surface area contributed by atoms with Crippen molar-refractivity contribution in [3.8, 4) is 0 Å². The zero-order valence-electron chi connectivity index (χ0n) is 15.4. The van der Waals surface area contributed by atoms with E-state index >= 15 is 0 Å². The number of nitrogens with zero attached hydrogens (tertiary/aromatic N) is 1. The van der Waals surface area contributed by atoms with Gasteiger partial charge in [-0.15, -0.1) is 0 Å². The number of aryl methyl sites for hydroxylation is 1. The maximum atomic E-state index is 12.9. The van der Waals surface area contributed by atoms with E-state index < -0.39 is 16.1 Å². The summed E-state index contributed by atoms with van der Waals surface area (Å²) < 4.78 is 25.9. The molecule has 5 nitrogen and oxygen atoms in total. The van der Waals surface area contributed by atoms with E-state index in [-0.39, 0.29) is 11.9 Å². The molecule has 7 heteroatoms. The maximum absolute atomic E-state index is 12.9. The monoisotopic (exact) mass is 406 g/mol. The Morgan fingerprint density at radius 2 is 1.85 bits per heavy atom. The molecular formula is C20H23ClN2O3S. The summed E-state index contributed by atoms with van der Waals surface area (Å²) in [6.07, 6.45) is 3.93. The van der Waals surface area contributed by atoms with Crippen LogP contribution in [0.15, 0.2) is 48.5 Å². The molecule has 0 fully saturated rings. The first-order chi connectivity index (χ1) is 12.8. The average molecular weight is 407 g/mol. The highest BCUT2D eigenvalue weighted by atomic mass is 35.5. The standard InChI is InChI=1S/C20H23ClN2O3S/c1-14(23(27(2,25)26)17-12-10-16(21)11-13-17)20(24)22-19-9-5-7-15-6-3-4-8-18(15)19/h3-4,6,8,10-14,19H,5,7,9H2,1-2H3,(H,22,24). The Kier molecular flexibility index (Phi) is 5.77. The zero-order valence-corrected chi connectivity index (χ0v) is 16.9. The van der Waals surface area contributed by atoms with Crippen LogP contribution >= 0.6 is 11.6 Å².